The van der Waals surface area contributed by atoms with E-state index in [9.17, 15) is 4.79 Å². The highest BCUT2D eigenvalue weighted by molar-refractivity contribution is 5.82. The summed E-state index contributed by atoms with van der Waals surface area (Å²) in [6, 6.07) is 9.74. The fraction of sp³-hybridized carbons (Fsp3) is 0.500. The van der Waals surface area contributed by atoms with Crippen molar-refractivity contribution in [1.29, 1.82) is 0 Å². The van der Waals surface area contributed by atoms with Crippen LogP contribution in [0.3, 0.4) is 0 Å². The molecule has 0 bridgehead atoms. The zero-order valence-corrected chi connectivity index (χ0v) is 15.1. The van der Waals surface area contributed by atoms with Gasteiger partial charge in [-0.2, -0.15) is 0 Å². The van der Waals surface area contributed by atoms with E-state index in [4.69, 9.17) is 5.73 Å². The third-order valence-electron chi connectivity index (χ3n) is 4.82. The molecule has 0 aliphatic carbocycles. The zero-order chi connectivity index (χ0) is 17.8. The van der Waals surface area contributed by atoms with Crippen LogP contribution in [-0.2, 0) is 17.8 Å². The van der Waals surface area contributed by atoms with E-state index in [1.807, 2.05) is 40.2 Å². The van der Waals surface area contributed by atoms with E-state index in [1.165, 1.54) is 12.0 Å². The molecule has 134 valence electrons. The van der Waals surface area contributed by atoms with Gasteiger partial charge < -0.3 is 15.2 Å². The summed E-state index contributed by atoms with van der Waals surface area (Å²) in [4.78, 5) is 19.0. The van der Waals surface area contributed by atoms with Crippen LogP contribution in [0.5, 0.6) is 0 Å². The van der Waals surface area contributed by atoms with Crippen molar-refractivity contribution in [3.05, 3.63) is 54.1 Å². The van der Waals surface area contributed by atoms with Gasteiger partial charge >= 0.3 is 0 Å². The minimum atomic E-state index is -0.516. The number of carbonyl (C=O) groups excluding carboxylic acids is 1. The average molecular weight is 340 g/mol. The molecule has 5 heteroatoms. The first-order valence-electron chi connectivity index (χ1n) is 9.10. The van der Waals surface area contributed by atoms with Crippen LogP contribution in [0.1, 0.15) is 31.5 Å². The number of piperidine rings is 1. The monoisotopic (exact) mass is 340 g/mol. The number of hydrogen-bond donors (Lipinski definition) is 1. The number of nitrogens with two attached hydrogens (primary N) is 1. The van der Waals surface area contributed by atoms with E-state index in [0.717, 1.165) is 25.3 Å². The molecule has 3 atom stereocenters. The van der Waals surface area contributed by atoms with Gasteiger partial charge in [0.2, 0.25) is 5.91 Å². The molecule has 0 radical (unpaired) electrons. The fourth-order valence-electron chi connectivity index (χ4n) is 3.78. The number of nitrogens with zero attached hydrogens (tertiary/aromatic N) is 3. The second-order valence-corrected chi connectivity index (χ2v) is 7.52. The van der Waals surface area contributed by atoms with Crippen LogP contribution in [-0.4, -0.2) is 39.5 Å². The number of carbonyl (C=O) groups is 1. The molecule has 2 N–H and O–H groups in total. The predicted molar refractivity (Wildman–Crippen MR) is 99.0 cm³/mol. The molecule has 1 aromatic carbocycles. The molecule has 1 aliphatic rings. The third-order valence-corrected chi connectivity index (χ3v) is 4.82. The van der Waals surface area contributed by atoms with E-state index >= 15 is 0 Å². The number of benzene rings is 1. The lowest BCUT2D eigenvalue weighted by atomic mass is 9.91. The normalized spacial score (nSPS) is 22.0. The molecule has 25 heavy (non-hydrogen) atoms. The highest BCUT2D eigenvalue weighted by Gasteiger charge is 2.28. The van der Waals surface area contributed by atoms with Crippen molar-refractivity contribution in [2.75, 3.05) is 13.1 Å². The molecular weight excluding hydrogens is 312 g/mol. The lowest BCUT2D eigenvalue weighted by molar-refractivity contribution is -0.135. The van der Waals surface area contributed by atoms with Gasteiger partial charge in [-0.3, -0.25) is 4.79 Å². The Balaban J connectivity index is 1.57. The number of amides is 1. The van der Waals surface area contributed by atoms with E-state index in [1.54, 1.807) is 0 Å². The summed E-state index contributed by atoms with van der Waals surface area (Å²) in [5, 5.41) is 0. The smallest absolute Gasteiger partial charge is 0.239 e. The van der Waals surface area contributed by atoms with Gasteiger partial charge in [-0.1, -0.05) is 44.2 Å². The van der Waals surface area contributed by atoms with Gasteiger partial charge in [0, 0.05) is 32.3 Å². The Bertz CT molecular complexity index is 687. The molecule has 1 amide bonds. The van der Waals surface area contributed by atoms with E-state index in [0.29, 0.717) is 18.3 Å². The van der Waals surface area contributed by atoms with Crippen molar-refractivity contribution in [3.63, 3.8) is 0 Å². The van der Waals surface area contributed by atoms with Crippen LogP contribution in [0.4, 0.5) is 0 Å². The Morgan fingerprint density at radius 1 is 1.24 bits per heavy atom. The predicted octanol–water partition coefficient (Wildman–Crippen LogP) is 2.31. The molecule has 3 rings (SSSR count). The van der Waals surface area contributed by atoms with Crippen molar-refractivity contribution in [3.8, 4) is 0 Å². The van der Waals surface area contributed by atoms with E-state index in [2.05, 4.69) is 31.0 Å². The Kier molecular flexibility index (Phi) is 5.53. The third kappa shape index (κ3) is 4.69. The largest absolute Gasteiger partial charge is 0.341 e. The lowest BCUT2D eigenvalue weighted by Crippen LogP contribution is -2.50. The zero-order valence-electron chi connectivity index (χ0n) is 15.1. The molecular formula is C20H28N4O. The highest BCUT2D eigenvalue weighted by atomic mass is 16.2. The SMILES string of the molecule is CC1CC(C)CN(C(=O)[C@@H](N)Cc2cn(Cc3ccccc3)cn2)C1. The number of rotatable bonds is 5. The summed E-state index contributed by atoms with van der Waals surface area (Å²) in [7, 11) is 0. The maximum Gasteiger partial charge on any atom is 0.239 e. The van der Waals surface area contributed by atoms with Crippen LogP contribution in [0.25, 0.3) is 0 Å². The summed E-state index contributed by atoms with van der Waals surface area (Å²) in [5.41, 5.74) is 8.29. The second-order valence-electron chi connectivity index (χ2n) is 7.52. The van der Waals surface area contributed by atoms with Crippen molar-refractivity contribution in [2.24, 2.45) is 17.6 Å². The van der Waals surface area contributed by atoms with Crippen LogP contribution in [0, 0.1) is 11.8 Å². The standard InChI is InChI=1S/C20H28N4O/c1-15-8-16(2)11-24(10-15)20(25)19(21)9-18-13-23(14-22-18)12-17-6-4-3-5-7-17/h3-7,13-16,19H,8-12,21H2,1-2H3/t15?,16?,19-/m0/s1. The molecule has 1 aromatic heterocycles. The van der Waals surface area contributed by atoms with Crippen molar-refractivity contribution in [2.45, 2.75) is 39.3 Å². The van der Waals surface area contributed by atoms with Crippen molar-refractivity contribution in [1.82, 2.24) is 14.5 Å². The molecule has 2 aromatic rings. The molecule has 1 aliphatic heterocycles. The quantitative estimate of drug-likeness (QED) is 0.908. The maximum atomic E-state index is 12.7. The molecule has 1 saturated heterocycles. The van der Waals surface area contributed by atoms with Gasteiger partial charge in [0.1, 0.15) is 0 Å². The van der Waals surface area contributed by atoms with Gasteiger partial charge in [0.05, 0.1) is 18.1 Å². The number of aromatic nitrogens is 2. The molecule has 5 nitrogen and oxygen atoms in total. The molecule has 0 saturated carbocycles. The molecule has 2 unspecified atom stereocenters. The number of imidazole rings is 1. The first-order chi connectivity index (χ1) is 12.0. The Morgan fingerprint density at radius 2 is 1.92 bits per heavy atom. The van der Waals surface area contributed by atoms with E-state index in [-0.39, 0.29) is 5.91 Å². The van der Waals surface area contributed by atoms with Crippen molar-refractivity contribution < 1.29 is 4.79 Å². The minimum Gasteiger partial charge on any atom is -0.341 e. The fourth-order valence-corrected chi connectivity index (χ4v) is 3.78. The summed E-state index contributed by atoms with van der Waals surface area (Å²) in [5.74, 6) is 1.14. The summed E-state index contributed by atoms with van der Waals surface area (Å²) >= 11 is 0. The van der Waals surface area contributed by atoms with Crippen LogP contribution >= 0.6 is 0 Å². The van der Waals surface area contributed by atoms with Crippen LogP contribution in [0.15, 0.2) is 42.9 Å². The van der Waals surface area contributed by atoms with Gasteiger partial charge in [0.15, 0.2) is 0 Å². The Labute approximate surface area is 149 Å². The molecule has 1 fully saturated rings. The van der Waals surface area contributed by atoms with Gasteiger partial charge in [0.25, 0.3) is 0 Å². The average Bonchev–Trinajstić information content (AvgIpc) is 3.01. The maximum absolute atomic E-state index is 12.7. The molecule has 2 heterocycles. The van der Waals surface area contributed by atoms with Crippen molar-refractivity contribution >= 4 is 5.91 Å². The minimum absolute atomic E-state index is 0.0519. The Morgan fingerprint density at radius 3 is 2.60 bits per heavy atom. The molecule has 0 spiro atoms. The lowest BCUT2D eigenvalue weighted by Gasteiger charge is -2.36. The van der Waals surface area contributed by atoms with Crippen LogP contribution in [0.2, 0.25) is 0 Å². The summed E-state index contributed by atoms with van der Waals surface area (Å²) < 4.78 is 2.03. The first kappa shape index (κ1) is 17.7. The second kappa shape index (κ2) is 7.83. The first-order valence-corrected chi connectivity index (χ1v) is 9.10. The summed E-state index contributed by atoms with van der Waals surface area (Å²) in [6.07, 6.45) is 5.47. The summed E-state index contributed by atoms with van der Waals surface area (Å²) in [6.45, 7) is 6.82. The number of likely N-dealkylation sites (tertiary alicyclic amines) is 1. The van der Waals surface area contributed by atoms with E-state index < -0.39 is 6.04 Å². The number of hydrogen-bond acceptors (Lipinski definition) is 3. The Hall–Kier alpha value is -2.14. The van der Waals surface area contributed by atoms with Gasteiger partial charge in [-0.25, -0.2) is 4.98 Å². The highest BCUT2D eigenvalue weighted by Crippen LogP contribution is 2.21. The van der Waals surface area contributed by atoms with Gasteiger partial charge in [-0.15, -0.1) is 0 Å². The van der Waals surface area contributed by atoms with Gasteiger partial charge in [-0.05, 0) is 23.8 Å². The topological polar surface area (TPSA) is 64.2 Å². The van der Waals surface area contributed by atoms with Crippen LogP contribution < -0.4 is 5.73 Å².